The van der Waals surface area contributed by atoms with E-state index < -0.39 is 11.6 Å². The molecule has 0 atom stereocenters. The summed E-state index contributed by atoms with van der Waals surface area (Å²) in [5.74, 6) is -1.49. The SMILES string of the molecule is CSC(=Nc1cc(F)c(N2CCN(C(C)=O)CC2)c(F)c1)NC#N. The Morgan fingerprint density at radius 3 is 2.33 bits per heavy atom. The Morgan fingerprint density at radius 1 is 1.29 bits per heavy atom. The average Bonchev–Trinajstić information content (AvgIpc) is 2.54. The number of piperazine rings is 1. The molecule has 0 aromatic heterocycles. The van der Waals surface area contributed by atoms with Gasteiger partial charge in [0.05, 0.1) is 5.69 Å². The number of carbonyl (C=O) groups is 1. The fourth-order valence-corrected chi connectivity index (χ4v) is 2.80. The number of amides is 1. The molecule has 0 spiro atoms. The topological polar surface area (TPSA) is 71.7 Å². The molecular formula is C15H17F2N5OS. The van der Waals surface area contributed by atoms with Crippen LogP contribution in [0.1, 0.15) is 6.92 Å². The van der Waals surface area contributed by atoms with Gasteiger partial charge in [-0.05, 0) is 6.26 Å². The van der Waals surface area contributed by atoms with Crippen molar-refractivity contribution in [2.24, 2.45) is 4.99 Å². The van der Waals surface area contributed by atoms with Crippen molar-refractivity contribution in [2.45, 2.75) is 6.92 Å². The first kappa shape index (κ1) is 18.0. The molecule has 0 saturated carbocycles. The van der Waals surface area contributed by atoms with Crippen molar-refractivity contribution in [2.75, 3.05) is 37.3 Å². The lowest BCUT2D eigenvalue weighted by molar-refractivity contribution is -0.129. The highest BCUT2D eigenvalue weighted by molar-refractivity contribution is 8.13. The van der Waals surface area contributed by atoms with Gasteiger partial charge in [-0.1, -0.05) is 11.8 Å². The summed E-state index contributed by atoms with van der Waals surface area (Å²) >= 11 is 1.16. The van der Waals surface area contributed by atoms with Gasteiger partial charge in [-0.25, -0.2) is 13.8 Å². The highest BCUT2D eigenvalue weighted by Crippen LogP contribution is 2.29. The summed E-state index contributed by atoms with van der Waals surface area (Å²) < 4.78 is 28.7. The minimum atomic E-state index is -0.720. The number of nitrogens with one attached hydrogen (secondary N) is 1. The summed E-state index contributed by atoms with van der Waals surface area (Å²) in [6, 6.07) is 2.26. The van der Waals surface area contributed by atoms with E-state index >= 15 is 0 Å². The van der Waals surface area contributed by atoms with Crippen LogP contribution in [-0.4, -0.2) is 48.4 Å². The Hall–Kier alpha value is -2.34. The van der Waals surface area contributed by atoms with E-state index in [9.17, 15) is 13.6 Å². The van der Waals surface area contributed by atoms with Gasteiger partial charge < -0.3 is 9.80 Å². The van der Waals surface area contributed by atoms with Gasteiger partial charge in [0.2, 0.25) is 5.91 Å². The van der Waals surface area contributed by atoms with Crippen molar-refractivity contribution in [1.29, 1.82) is 5.26 Å². The number of nitrogens with zero attached hydrogens (tertiary/aromatic N) is 4. The van der Waals surface area contributed by atoms with Crippen LogP contribution in [0.2, 0.25) is 0 Å². The summed E-state index contributed by atoms with van der Waals surface area (Å²) in [5, 5.41) is 11.2. The van der Waals surface area contributed by atoms with Crippen molar-refractivity contribution >= 4 is 34.2 Å². The van der Waals surface area contributed by atoms with Crippen LogP contribution in [0.25, 0.3) is 0 Å². The van der Waals surface area contributed by atoms with E-state index in [2.05, 4.69) is 10.3 Å². The molecule has 1 aromatic rings. The van der Waals surface area contributed by atoms with Crippen LogP contribution in [0.4, 0.5) is 20.2 Å². The van der Waals surface area contributed by atoms with Crippen LogP contribution in [0.15, 0.2) is 17.1 Å². The predicted molar refractivity (Wildman–Crippen MR) is 90.2 cm³/mol. The fourth-order valence-electron chi connectivity index (χ4n) is 2.45. The van der Waals surface area contributed by atoms with Crippen molar-refractivity contribution in [3.05, 3.63) is 23.8 Å². The van der Waals surface area contributed by atoms with E-state index in [4.69, 9.17) is 5.26 Å². The van der Waals surface area contributed by atoms with Crippen LogP contribution < -0.4 is 10.2 Å². The average molecular weight is 353 g/mol. The lowest BCUT2D eigenvalue weighted by atomic mass is 10.2. The van der Waals surface area contributed by atoms with E-state index in [1.54, 1.807) is 22.2 Å². The van der Waals surface area contributed by atoms with Crippen molar-refractivity contribution in [1.82, 2.24) is 10.2 Å². The van der Waals surface area contributed by atoms with Crippen LogP contribution >= 0.6 is 11.8 Å². The molecule has 6 nitrogen and oxygen atoms in total. The third kappa shape index (κ3) is 4.14. The highest BCUT2D eigenvalue weighted by atomic mass is 32.2. The second-order valence-electron chi connectivity index (χ2n) is 5.11. The summed E-state index contributed by atoms with van der Waals surface area (Å²) in [6.07, 6.45) is 3.41. The summed E-state index contributed by atoms with van der Waals surface area (Å²) in [7, 11) is 0. The highest BCUT2D eigenvalue weighted by Gasteiger charge is 2.24. The molecule has 1 saturated heterocycles. The minimum absolute atomic E-state index is 0.0464. The number of benzene rings is 1. The smallest absolute Gasteiger partial charge is 0.219 e. The zero-order valence-electron chi connectivity index (χ0n) is 13.3. The number of nitriles is 1. The molecule has 0 bridgehead atoms. The maximum Gasteiger partial charge on any atom is 0.219 e. The molecule has 1 aliphatic heterocycles. The number of rotatable bonds is 2. The minimum Gasteiger partial charge on any atom is -0.363 e. The van der Waals surface area contributed by atoms with E-state index in [1.165, 1.54) is 6.92 Å². The maximum absolute atomic E-state index is 14.4. The molecule has 0 aliphatic carbocycles. The molecule has 1 aliphatic rings. The second kappa shape index (κ2) is 7.97. The lowest BCUT2D eigenvalue weighted by Crippen LogP contribution is -2.48. The zero-order chi connectivity index (χ0) is 17.7. The number of amidine groups is 1. The van der Waals surface area contributed by atoms with Crippen molar-refractivity contribution < 1.29 is 13.6 Å². The third-order valence-electron chi connectivity index (χ3n) is 3.63. The van der Waals surface area contributed by atoms with Crippen LogP contribution in [-0.2, 0) is 4.79 Å². The van der Waals surface area contributed by atoms with Crippen molar-refractivity contribution in [3.8, 4) is 6.19 Å². The first-order chi connectivity index (χ1) is 11.5. The molecule has 1 N–H and O–H groups in total. The van der Waals surface area contributed by atoms with Crippen molar-refractivity contribution in [3.63, 3.8) is 0 Å². The number of anilines is 1. The zero-order valence-corrected chi connectivity index (χ0v) is 14.2. The number of halogens is 2. The van der Waals surface area contributed by atoms with Gasteiger partial charge in [-0.3, -0.25) is 10.1 Å². The monoisotopic (exact) mass is 353 g/mol. The van der Waals surface area contributed by atoms with Gasteiger partial charge in [-0.2, -0.15) is 5.26 Å². The summed E-state index contributed by atoms with van der Waals surface area (Å²) in [5.41, 5.74) is -0.0284. The Bertz CT molecular complexity index is 673. The number of thioether (sulfide) groups is 1. The molecule has 128 valence electrons. The quantitative estimate of drug-likeness (QED) is 0.381. The van der Waals surface area contributed by atoms with E-state index in [-0.39, 0.29) is 22.4 Å². The summed E-state index contributed by atoms with van der Waals surface area (Å²) in [6.45, 7) is 3.06. The first-order valence-electron chi connectivity index (χ1n) is 7.23. The Kier molecular flexibility index (Phi) is 5.98. The van der Waals surface area contributed by atoms with Gasteiger partial charge in [-0.15, -0.1) is 0 Å². The molecule has 9 heteroatoms. The standard InChI is InChI=1S/C15H17F2N5OS/c1-10(23)21-3-5-22(6-4-21)14-12(16)7-11(8-13(14)17)20-15(24-2)19-9-18/h7-8H,3-6H2,1-2H3,(H,19,20). The van der Waals surface area contributed by atoms with Gasteiger partial charge in [0.15, 0.2) is 23.0 Å². The normalized spacial score (nSPS) is 15.2. The largest absolute Gasteiger partial charge is 0.363 e. The maximum atomic E-state index is 14.4. The Balaban J connectivity index is 2.22. The van der Waals surface area contributed by atoms with Crippen LogP contribution in [0, 0.1) is 23.1 Å². The number of aliphatic imine (C=N–C) groups is 1. The lowest BCUT2D eigenvalue weighted by Gasteiger charge is -2.35. The van der Waals surface area contributed by atoms with E-state index in [0.717, 1.165) is 23.9 Å². The first-order valence-corrected chi connectivity index (χ1v) is 8.46. The van der Waals surface area contributed by atoms with Gasteiger partial charge in [0.1, 0.15) is 5.69 Å². The predicted octanol–water partition coefficient (Wildman–Crippen LogP) is 2.05. The molecule has 2 rings (SSSR count). The van der Waals surface area contributed by atoms with Gasteiger partial charge in [0.25, 0.3) is 0 Å². The fraction of sp³-hybridized carbons (Fsp3) is 0.400. The van der Waals surface area contributed by atoms with E-state index in [0.29, 0.717) is 26.2 Å². The molecule has 24 heavy (non-hydrogen) atoms. The molecule has 1 heterocycles. The Morgan fingerprint density at radius 2 is 1.88 bits per heavy atom. The number of hydrogen-bond acceptors (Lipinski definition) is 5. The molecule has 1 aromatic carbocycles. The Labute approximate surface area is 143 Å². The third-order valence-corrected chi connectivity index (χ3v) is 4.21. The molecule has 1 fully saturated rings. The van der Waals surface area contributed by atoms with Gasteiger partial charge >= 0.3 is 0 Å². The number of carbonyl (C=O) groups excluding carboxylic acids is 1. The van der Waals surface area contributed by atoms with Crippen LogP contribution in [0.5, 0.6) is 0 Å². The van der Waals surface area contributed by atoms with E-state index in [1.807, 2.05) is 0 Å². The van der Waals surface area contributed by atoms with Gasteiger partial charge in [0, 0.05) is 45.2 Å². The second-order valence-corrected chi connectivity index (χ2v) is 5.90. The number of hydrogen-bond donors (Lipinski definition) is 1. The molecule has 0 unspecified atom stereocenters. The van der Waals surface area contributed by atoms with Crippen LogP contribution in [0.3, 0.4) is 0 Å². The molecule has 1 amide bonds. The summed E-state index contributed by atoms with van der Waals surface area (Å²) in [4.78, 5) is 18.5. The molecular weight excluding hydrogens is 336 g/mol. The molecule has 0 radical (unpaired) electrons.